The maximum atomic E-state index is 11.9. The smallest absolute Gasteiger partial charge is 0.345 e. The van der Waals surface area contributed by atoms with Crippen molar-refractivity contribution in [3.63, 3.8) is 0 Å². The molecule has 106 valence electrons. The van der Waals surface area contributed by atoms with Crippen LogP contribution >= 0.6 is 11.3 Å². The maximum absolute atomic E-state index is 11.9. The fourth-order valence-corrected chi connectivity index (χ4v) is 1.97. The third-order valence-electron chi connectivity index (χ3n) is 2.13. The van der Waals surface area contributed by atoms with E-state index in [4.69, 9.17) is 0 Å². The predicted molar refractivity (Wildman–Crippen MR) is 65.7 cm³/mol. The number of ether oxygens (including phenoxy) is 1. The van der Waals surface area contributed by atoms with E-state index in [1.165, 1.54) is 18.3 Å². The van der Waals surface area contributed by atoms with E-state index in [1.807, 2.05) is 16.8 Å². The SMILES string of the molecule is CC(=O)N[C@H](COC(F)F)C(=O)NCc1ccsc1. The lowest BCUT2D eigenvalue weighted by atomic mass is 10.2. The normalized spacial score (nSPS) is 12.2. The van der Waals surface area contributed by atoms with Gasteiger partial charge in [0, 0.05) is 13.5 Å². The van der Waals surface area contributed by atoms with Crippen LogP contribution in [0.5, 0.6) is 0 Å². The first kappa shape index (κ1) is 15.5. The molecule has 1 aromatic rings. The highest BCUT2D eigenvalue weighted by atomic mass is 32.1. The van der Waals surface area contributed by atoms with Gasteiger partial charge in [0.05, 0.1) is 6.61 Å². The van der Waals surface area contributed by atoms with Crippen molar-refractivity contribution in [2.24, 2.45) is 0 Å². The van der Waals surface area contributed by atoms with Gasteiger partial charge in [-0.05, 0) is 22.4 Å². The Morgan fingerprint density at radius 3 is 2.74 bits per heavy atom. The lowest BCUT2D eigenvalue weighted by Gasteiger charge is -2.17. The van der Waals surface area contributed by atoms with Gasteiger partial charge >= 0.3 is 6.61 Å². The Morgan fingerprint density at radius 2 is 2.21 bits per heavy atom. The number of halogens is 2. The number of carbonyl (C=O) groups excluding carboxylic acids is 2. The third kappa shape index (κ3) is 6.25. The molecule has 1 heterocycles. The average Bonchev–Trinajstić information content (AvgIpc) is 2.83. The van der Waals surface area contributed by atoms with Crippen molar-refractivity contribution in [2.75, 3.05) is 6.61 Å². The first-order valence-electron chi connectivity index (χ1n) is 5.44. The quantitative estimate of drug-likeness (QED) is 0.791. The molecule has 0 unspecified atom stereocenters. The molecule has 0 saturated carbocycles. The molecule has 1 aromatic heterocycles. The standard InChI is InChI=1S/C11H14F2N2O3S/c1-7(16)15-9(5-18-11(12)13)10(17)14-4-8-2-3-19-6-8/h2-3,6,9,11H,4-5H2,1H3,(H,14,17)(H,15,16)/t9-/m1/s1. The summed E-state index contributed by atoms with van der Waals surface area (Å²) in [6.07, 6.45) is 0. The van der Waals surface area contributed by atoms with Gasteiger partial charge in [-0.3, -0.25) is 9.59 Å². The van der Waals surface area contributed by atoms with E-state index in [9.17, 15) is 18.4 Å². The minimum atomic E-state index is -2.99. The Morgan fingerprint density at radius 1 is 1.47 bits per heavy atom. The summed E-state index contributed by atoms with van der Waals surface area (Å²) >= 11 is 1.48. The molecule has 1 atom stereocenters. The van der Waals surface area contributed by atoms with E-state index >= 15 is 0 Å². The van der Waals surface area contributed by atoms with Gasteiger partial charge in [-0.15, -0.1) is 0 Å². The van der Waals surface area contributed by atoms with Crippen LogP contribution in [0.15, 0.2) is 16.8 Å². The molecule has 0 spiro atoms. The van der Waals surface area contributed by atoms with Crippen LogP contribution < -0.4 is 10.6 Å². The lowest BCUT2D eigenvalue weighted by Crippen LogP contribution is -2.48. The molecule has 2 amide bonds. The summed E-state index contributed by atoms with van der Waals surface area (Å²) < 4.78 is 27.9. The van der Waals surface area contributed by atoms with Gasteiger partial charge in [-0.1, -0.05) is 0 Å². The molecular weight excluding hydrogens is 278 g/mol. The third-order valence-corrected chi connectivity index (χ3v) is 2.86. The van der Waals surface area contributed by atoms with Crippen molar-refractivity contribution in [3.8, 4) is 0 Å². The van der Waals surface area contributed by atoms with Crippen LogP contribution in [-0.4, -0.2) is 31.1 Å². The second-order valence-electron chi connectivity index (χ2n) is 3.70. The van der Waals surface area contributed by atoms with Crippen LogP contribution in [0.4, 0.5) is 8.78 Å². The van der Waals surface area contributed by atoms with Crippen LogP contribution in [0.3, 0.4) is 0 Å². The van der Waals surface area contributed by atoms with Crippen molar-refractivity contribution in [2.45, 2.75) is 26.1 Å². The van der Waals surface area contributed by atoms with E-state index < -0.39 is 31.1 Å². The second kappa shape index (κ2) is 7.80. The van der Waals surface area contributed by atoms with Crippen LogP contribution in [0.2, 0.25) is 0 Å². The molecule has 0 radical (unpaired) electrons. The Hall–Kier alpha value is -1.54. The lowest BCUT2D eigenvalue weighted by molar-refractivity contribution is -0.146. The summed E-state index contributed by atoms with van der Waals surface area (Å²) in [5, 5.41) is 8.51. The average molecular weight is 292 g/mol. The number of alkyl halides is 2. The molecule has 1 rings (SSSR count). The van der Waals surface area contributed by atoms with E-state index in [0.717, 1.165) is 5.56 Å². The highest BCUT2D eigenvalue weighted by Crippen LogP contribution is 2.05. The Balaban J connectivity index is 2.47. The highest BCUT2D eigenvalue weighted by Gasteiger charge is 2.21. The first-order chi connectivity index (χ1) is 8.99. The molecule has 0 aliphatic rings. The van der Waals surface area contributed by atoms with Crippen molar-refractivity contribution >= 4 is 23.2 Å². The van der Waals surface area contributed by atoms with E-state index in [0.29, 0.717) is 0 Å². The van der Waals surface area contributed by atoms with Crippen molar-refractivity contribution in [1.29, 1.82) is 0 Å². The largest absolute Gasteiger partial charge is 0.350 e. The minimum absolute atomic E-state index is 0.271. The monoisotopic (exact) mass is 292 g/mol. The van der Waals surface area contributed by atoms with Gasteiger partial charge in [0.1, 0.15) is 6.04 Å². The van der Waals surface area contributed by atoms with Gasteiger partial charge in [0.25, 0.3) is 0 Å². The van der Waals surface area contributed by atoms with Gasteiger partial charge in [-0.25, -0.2) is 0 Å². The topological polar surface area (TPSA) is 67.4 Å². The molecule has 0 aliphatic carbocycles. The van der Waals surface area contributed by atoms with Crippen LogP contribution in [-0.2, 0) is 20.9 Å². The zero-order valence-electron chi connectivity index (χ0n) is 10.2. The summed E-state index contributed by atoms with van der Waals surface area (Å²) in [6, 6.07) is 0.693. The molecule has 0 aliphatic heterocycles. The number of rotatable bonds is 7. The number of amides is 2. The highest BCUT2D eigenvalue weighted by molar-refractivity contribution is 7.07. The Bertz CT molecular complexity index is 412. The molecule has 2 N–H and O–H groups in total. The molecule has 0 aromatic carbocycles. The van der Waals surface area contributed by atoms with E-state index in [-0.39, 0.29) is 6.54 Å². The van der Waals surface area contributed by atoms with E-state index in [2.05, 4.69) is 15.4 Å². The first-order valence-corrected chi connectivity index (χ1v) is 6.39. The minimum Gasteiger partial charge on any atom is -0.350 e. The summed E-state index contributed by atoms with van der Waals surface area (Å²) in [5.74, 6) is -1.06. The molecule has 0 saturated heterocycles. The molecule has 0 fully saturated rings. The number of nitrogens with one attached hydrogen (secondary N) is 2. The zero-order chi connectivity index (χ0) is 14.3. The Kier molecular flexibility index (Phi) is 6.37. The zero-order valence-corrected chi connectivity index (χ0v) is 11.0. The van der Waals surface area contributed by atoms with Gasteiger partial charge in [0.15, 0.2) is 0 Å². The number of thiophene rings is 1. The van der Waals surface area contributed by atoms with Gasteiger partial charge in [-0.2, -0.15) is 20.1 Å². The van der Waals surface area contributed by atoms with Crippen molar-refractivity contribution in [1.82, 2.24) is 10.6 Å². The Labute approximate surface area is 112 Å². The fraction of sp³-hybridized carbons (Fsp3) is 0.455. The van der Waals surface area contributed by atoms with Crippen LogP contribution in [0.1, 0.15) is 12.5 Å². The van der Waals surface area contributed by atoms with E-state index in [1.54, 1.807) is 0 Å². The number of hydrogen-bond acceptors (Lipinski definition) is 4. The van der Waals surface area contributed by atoms with Crippen LogP contribution in [0.25, 0.3) is 0 Å². The molecule has 5 nitrogen and oxygen atoms in total. The summed E-state index contributed by atoms with van der Waals surface area (Å²) in [6.45, 7) is -2.10. The van der Waals surface area contributed by atoms with Crippen molar-refractivity contribution in [3.05, 3.63) is 22.4 Å². The fourth-order valence-electron chi connectivity index (χ4n) is 1.30. The second-order valence-corrected chi connectivity index (χ2v) is 4.48. The number of carbonyl (C=O) groups is 2. The summed E-state index contributed by atoms with van der Waals surface area (Å²) in [4.78, 5) is 22.6. The summed E-state index contributed by atoms with van der Waals surface area (Å²) in [7, 11) is 0. The predicted octanol–water partition coefficient (Wildman–Crippen LogP) is 1.11. The van der Waals surface area contributed by atoms with Gasteiger partial charge in [0.2, 0.25) is 11.8 Å². The van der Waals surface area contributed by atoms with Gasteiger partial charge < -0.3 is 15.4 Å². The van der Waals surface area contributed by atoms with Crippen molar-refractivity contribution < 1.29 is 23.1 Å². The molecule has 0 bridgehead atoms. The molecular formula is C11H14F2N2O3S. The number of hydrogen-bond donors (Lipinski definition) is 2. The molecule has 8 heteroatoms. The van der Waals surface area contributed by atoms with Crippen LogP contribution in [0, 0.1) is 0 Å². The molecule has 19 heavy (non-hydrogen) atoms. The summed E-state index contributed by atoms with van der Waals surface area (Å²) in [5.41, 5.74) is 0.898. The maximum Gasteiger partial charge on any atom is 0.345 e.